The summed E-state index contributed by atoms with van der Waals surface area (Å²) in [5, 5.41) is 18.8. The lowest BCUT2D eigenvalue weighted by Gasteiger charge is -2.23. The number of nitrogens with zero attached hydrogens (tertiary/aromatic N) is 3. The quantitative estimate of drug-likeness (QED) is 0.634. The van der Waals surface area contributed by atoms with Gasteiger partial charge in [-0.3, -0.25) is 14.8 Å². The number of hydrogen-bond donors (Lipinski definition) is 1. The Morgan fingerprint density at radius 3 is 2.84 bits per heavy atom. The van der Waals surface area contributed by atoms with E-state index in [9.17, 15) is 10.1 Å². The first-order valence-electron chi connectivity index (χ1n) is 6.72. The smallest absolute Gasteiger partial charge is 0.313 e. The minimum Gasteiger partial charge on any atom is -0.374 e. The van der Waals surface area contributed by atoms with Crippen LogP contribution in [0, 0.1) is 10.1 Å². The summed E-state index contributed by atoms with van der Waals surface area (Å²) in [6.45, 7) is 6.67. The van der Waals surface area contributed by atoms with Crippen molar-refractivity contribution in [1.82, 2.24) is 15.1 Å². The molecule has 2 rings (SSSR count). The fourth-order valence-corrected chi connectivity index (χ4v) is 2.42. The van der Waals surface area contributed by atoms with Crippen LogP contribution in [0.1, 0.15) is 25.2 Å². The minimum atomic E-state index is -0.318. The molecule has 1 aromatic heterocycles. The SMILES string of the molecule is CCc1nn(CC2CNCCO2)c(CC)c1[N+](=O)[O-]. The molecule has 1 N–H and O–H groups in total. The van der Waals surface area contributed by atoms with Gasteiger partial charge in [-0.25, -0.2) is 0 Å². The number of nitro groups is 1. The maximum atomic E-state index is 11.2. The number of ether oxygens (including phenoxy) is 1. The molecule has 19 heavy (non-hydrogen) atoms. The molecule has 1 saturated heterocycles. The molecule has 0 bridgehead atoms. The summed E-state index contributed by atoms with van der Waals surface area (Å²) >= 11 is 0. The van der Waals surface area contributed by atoms with Gasteiger partial charge in [0, 0.05) is 13.1 Å². The van der Waals surface area contributed by atoms with Crippen molar-refractivity contribution in [1.29, 1.82) is 0 Å². The zero-order valence-electron chi connectivity index (χ0n) is 11.4. The van der Waals surface area contributed by atoms with Crippen molar-refractivity contribution in [2.24, 2.45) is 0 Å². The molecule has 0 saturated carbocycles. The average Bonchev–Trinajstić information content (AvgIpc) is 2.77. The average molecular weight is 268 g/mol. The summed E-state index contributed by atoms with van der Waals surface area (Å²) in [6.07, 6.45) is 1.20. The van der Waals surface area contributed by atoms with Crippen LogP contribution < -0.4 is 5.32 Å². The van der Waals surface area contributed by atoms with E-state index < -0.39 is 0 Å². The van der Waals surface area contributed by atoms with Crippen molar-refractivity contribution in [2.45, 2.75) is 39.3 Å². The largest absolute Gasteiger partial charge is 0.374 e. The Balaban J connectivity index is 2.26. The Bertz CT molecular complexity index is 452. The summed E-state index contributed by atoms with van der Waals surface area (Å²) in [5.74, 6) is 0. The van der Waals surface area contributed by atoms with E-state index in [2.05, 4.69) is 10.4 Å². The van der Waals surface area contributed by atoms with Crippen LogP contribution in [0.25, 0.3) is 0 Å². The van der Waals surface area contributed by atoms with Gasteiger partial charge < -0.3 is 10.1 Å². The van der Waals surface area contributed by atoms with Crippen LogP contribution in [-0.2, 0) is 24.1 Å². The normalized spacial score (nSPS) is 19.6. The van der Waals surface area contributed by atoms with Gasteiger partial charge in [0.2, 0.25) is 0 Å². The fourth-order valence-electron chi connectivity index (χ4n) is 2.42. The van der Waals surface area contributed by atoms with E-state index in [0.29, 0.717) is 37.4 Å². The standard InChI is InChI=1S/C12H20N4O3/c1-3-10-12(16(17)18)11(4-2)15(14-10)8-9-7-13-5-6-19-9/h9,13H,3-8H2,1-2H3. The highest BCUT2D eigenvalue weighted by atomic mass is 16.6. The van der Waals surface area contributed by atoms with Crippen LogP contribution in [-0.4, -0.2) is 40.5 Å². The zero-order valence-corrected chi connectivity index (χ0v) is 11.4. The van der Waals surface area contributed by atoms with Gasteiger partial charge in [-0.15, -0.1) is 0 Å². The van der Waals surface area contributed by atoms with Crippen molar-refractivity contribution in [3.63, 3.8) is 0 Å². The molecule has 0 amide bonds. The predicted octanol–water partition coefficient (Wildman–Crippen LogP) is 0.905. The van der Waals surface area contributed by atoms with Crippen LogP contribution in [0.15, 0.2) is 0 Å². The van der Waals surface area contributed by atoms with Gasteiger partial charge in [-0.05, 0) is 12.8 Å². The number of hydrogen-bond acceptors (Lipinski definition) is 5. The first-order valence-corrected chi connectivity index (χ1v) is 6.72. The fraction of sp³-hybridized carbons (Fsp3) is 0.750. The molecule has 1 unspecified atom stereocenters. The zero-order chi connectivity index (χ0) is 13.8. The van der Waals surface area contributed by atoms with E-state index in [1.54, 1.807) is 4.68 Å². The Hall–Kier alpha value is -1.47. The number of nitrogens with one attached hydrogen (secondary N) is 1. The van der Waals surface area contributed by atoms with Gasteiger partial charge in [-0.1, -0.05) is 13.8 Å². The molecular weight excluding hydrogens is 248 g/mol. The molecule has 1 aliphatic rings. The van der Waals surface area contributed by atoms with Crippen LogP contribution in [0.3, 0.4) is 0 Å². The first kappa shape index (κ1) is 14.0. The first-order chi connectivity index (χ1) is 9.17. The highest BCUT2D eigenvalue weighted by Crippen LogP contribution is 2.25. The van der Waals surface area contributed by atoms with Crippen LogP contribution in [0.2, 0.25) is 0 Å². The molecule has 0 aliphatic carbocycles. The van der Waals surface area contributed by atoms with E-state index in [1.165, 1.54) is 0 Å². The molecule has 0 radical (unpaired) electrons. The molecule has 1 aromatic rings. The van der Waals surface area contributed by atoms with Gasteiger partial charge in [0.05, 0.1) is 24.2 Å². The maximum absolute atomic E-state index is 11.2. The molecule has 1 aliphatic heterocycles. The Labute approximate surface area is 112 Å². The molecule has 7 heteroatoms. The number of morpholine rings is 1. The summed E-state index contributed by atoms with van der Waals surface area (Å²) in [6, 6.07) is 0. The Morgan fingerprint density at radius 1 is 1.53 bits per heavy atom. The van der Waals surface area contributed by atoms with Crippen LogP contribution in [0.4, 0.5) is 5.69 Å². The lowest BCUT2D eigenvalue weighted by molar-refractivity contribution is -0.386. The number of rotatable bonds is 5. The van der Waals surface area contributed by atoms with Gasteiger partial charge in [0.25, 0.3) is 0 Å². The lowest BCUT2D eigenvalue weighted by Crippen LogP contribution is -2.41. The summed E-state index contributed by atoms with van der Waals surface area (Å²) in [4.78, 5) is 10.9. The number of aromatic nitrogens is 2. The third-order valence-electron chi connectivity index (χ3n) is 3.33. The number of aryl methyl sites for hydroxylation is 1. The van der Waals surface area contributed by atoms with Gasteiger partial charge in [0.1, 0.15) is 11.4 Å². The van der Waals surface area contributed by atoms with Crippen molar-refractivity contribution in [2.75, 3.05) is 19.7 Å². The molecule has 7 nitrogen and oxygen atoms in total. The summed E-state index contributed by atoms with van der Waals surface area (Å²) in [7, 11) is 0. The molecule has 0 aromatic carbocycles. The summed E-state index contributed by atoms with van der Waals surface area (Å²) in [5.41, 5.74) is 1.43. The van der Waals surface area contributed by atoms with Crippen LogP contribution >= 0.6 is 0 Å². The molecule has 1 atom stereocenters. The maximum Gasteiger partial charge on any atom is 0.313 e. The van der Waals surface area contributed by atoms with Crippen molar-refractivity contribution < 1.29 is 9.66 Å². The molecule has 2 heterocycles. The minimum absolute atomic E-state index is 0.0308. The van der Waals surface area contributed by atoms with Crippen molar-refractivity contribution in [3.05, 3.63) is 21.5 Å². The van der Waals surface area contributed by atoms with Gasteiger partial charge in [-0.2, -0.15) is 5.10 Å². The highest BCUT2D eigenvalue weighted by Gasteiger charge is 2.27. The second kappa shape index (κ2) is 6.12. The highest BCUT2D eigenvalue weighted by molar-refractivity contribution is 5.41. The van der Waals surface area contributed by atoms with E-state index in [4.69, 9.17) is 4.74 Å². The summed E-state index contributed by atoms with van der Waals surface area (Å²) < 4.78 is 7.38. The third-order valence-corrected chi connectivity index (χ3v) is 3.33. The monoisotopic (exact) mass is 268 g/mol. The topological polar surface area (TPSA) is 82.2 Å². The van der Waals surface area contributed by atoms with E-state index in [1.807, 2.05) is 13.8 Å². The van der Waals surface area contributed by atoms with E-state index in [0.717, 1.165) is 13.1 Å². The van der Waals surface area contributed by atoms with Crippen LogP contribution in [0.5, 0.6) is 0 Å². The predicted molar refractivity (Wildman–Crippen MR) is 70.2 cm³/mol. The molecule has 1 fully saturated rings. The van der Waals surface area contributed by atoms with E-state index in [-0.39, 0.29) is 16.7 Å². The van der Waals surface area contributed by atoms with Crippen molar-refractivity contribution in [3.8, 4) is 0 Å². The third kappa shape index (κ3) is 2.93. The Kier molecular flexibility index (Phi) is 4.49. The molecule has 0 spiro atoms. The second-order valence-electron chi connectivity index (χ2n) is 4.59. The molecular formula is C12H20N4O3. The van der Waals surface area contributed by atoms with Gasteiger partial charge >= 0.3 is 5.69 Å². The van der Waals surface area contributed by atoms with Gasteiger partial charge in [0.15, 0.2) is 0 Å². The van der Waals surface area contributed by atoms with Crippen molar-refractivity contribution >= 4 is 5.69 Å². The Morgan fingerprint density at radius 2 is 2.32 bits per heavy atom. The second-order valence-corrected chi connectivity index (χ2v) is 4.59. The van der Waals surface area contributed by atoms with E-state index >= 15 is 0 Å². The lowest BCUT2D eigenvalue weighted by atomic mass is 10.2. The molecule has 106 valence electrons.